The van der Waals surface area contributed by atoms with Gasteiger partial charge in [0.05, 0.1) is 10.8 Å². The third-order valence-electron chi connectivity index (χ3n) is 2.51. The molecule has 0 aliphatic rings. The zero-order valence-electron chi connectivity index (χ0n) is 10.5. The molecular formula is C13H14Cl2N2OS. The number of unbranched alkanes of at least 4 members (excludes halogenated alkanes) is 1. The number of benzene rings is 1. The van der Waals surface area contributed by atoms with E-state index >= 15 is 0 Å². The van der Waals surface area contributed by atoms with E-state index in [9.17, 15) is 0 Å². The van der Waals surface area contributed by atoms with Crippen LogP contribution < -0.4 is 0 Å². The Morgan fingerprint density at radius 3 is 2.89 bits per heavy atom. The normalized spacial score (nSPS) is 10.9. The van der Waals surface area contributed by atoms with Gasteiger partial charge in [-0.15, -0.1) is 0 Å². The summed E-state index contributed by atoms with van der Waals surface area (Å²) in [5.74, 6) is 2.98. The van der Waals surface area contributed by atoms with Crippen LogP contribution in [0.2, 0.25) is 10.0 Å². The SMILES string of the molecule is CCCCSCc1nc(-c2ccc(Cl)cc2Cl)no1. The summed E-state index contributed by atoms with van der Waals surface area (Å²) in [5, 5.41) is 5.07. The molecule has 1 aromatic carbocycles. The van der Waals surface area contributed by atoms with Crippen LogP contribution in [0.1, 0.15) is 25.7 Å². The molecule has 0 fully saturated rings. The second kappa shape index (κ2) is 7.17. The van der Waals surface area contributed by atoms with Gasteiger partial charge >= 0.3 is 0 Å². The van der Waals surface area contributed by atoms with Crippen molar-refractivity contribution in [2.24, 2.45) is 0 Å². The van der Waals surface area contributed by atoms with Gasteiger partial charge in [0.15, 0.2) is 0 Å². The first kappa shape index (κ1) is 14.7. The number of aromatic nitrogens is 2. The Labute approximate surface area is 126 Å². The lowest BCUT2D eigenvalue weighted by Crippen LogP contribution is -1.85. The predicted octanol–water partition coefficient (Wildman–Crippen LogP) is 5.08. The van der Waals surface area contributed by atoms with Gasteiger partial charge in [-0.2, -0.15) is 16.7 Å². The Balaban J connectivity index is 2.04. The number of halogens is 2. The minimum Gasteiger partial charge on any atom is -0.338 e. The molecule has 0 aliphatic heterocycles. The summed E-state index contributed by atoms with van der Waals surface area (Å²) in [7, 11) is 0. The predicted molar refractivity (Wildman–Crippen MR) is 80.8 cm³/mol. The summed E-state index contributed by atoms with van der Waals surface area (Å²) in [6.45, 7) is 2.17. The first-order valence-electron chi connectivity index (χ1n) is 6.06. The standard InChI is InChI=1S/C13H14Cl2N2OS/c1-2-3-6-19-8-12-16-13(17-18-12)10-5-4-9(14)7-11(10)15/h4-5,7H,2-3,6,8H2,1H3. The zero-order valence-corrected chi connectivity index (χ0v) is 12.9. The maximum Gasteiger partial charge on any atom is 0.236 e. The summed E-state index contributed by atoms with van der Waals surface area (Å²) in [5.41, 5.74) is 0.736. The molecule has 2 rings (SSSR count). The fourth-order valence-electron chi connectivity index (χ4n) is 1.50. The van der Waals surface area contributed by atoms with Crippen LogP contribution in [0.5, 0.6) is 0 Å². The van der Waals surface area contributed by atoms with E-state index < -0.39 is 0 Å². The average Bonchev–Trinajstić information content (AvgIpc) is 2.83. The van der Waals surface area contributed by atoms with Crippen LogP contribution in [-0.2, 0) is 5.75 Å². The fourth-order valence-corrected chi connectivity index (χ4v) is 2.92. The van der Waals surface area contributed by atoms with Crippen molar-refractivity contribution in [3.8, 4) is 11.4 Å². The molecule has 3 nitrogen and oxygen atoms in total. The molecule has 2 aromatic rings. The third-order valence-corrected chi connectivity index (χ3v) is 4.08. The molecule has 0 saturated carbocycles. The van der Waals surface area contributed by atoms with E-state index in [1.165, 1.54) is 12.8 Å². The van der Waals surface area contributed by atoms with Gasteiger partial charge in [-0.3, -0.25) is 0 Å². The molecule has 0 aliphatic carbocycles. The first-order chi connectivity index (χ1) is 9.20. The van der Waals surface area contributed by atoms with Crippen LogP contribution in [0.4, 0.5) is 0 Å². The van der Waals surface area contributed by atoms with Gasteiger partial charge in [0.25, 0.3) is 0 Å². The van der Waals surface area contributed by atoms with Crippen LogP contribution in [0.15, 0.2) is 22.7 Å². The van der Waals surface area contributed by atoms with Gasteiger partial charge in [0, 0.05) is 10.6 Å². The van der Waals surface area contributed by atoms with Crippen molar-refractivity contribution < 1.29 is 4.52 Å². The highest BCUT2D eigenvalue weighted by Gasteiger charge is 2.12. The van der Waals surface area contributed by atoms with Crippen LogP contribution in [0, 0.1) is 0 Å². The Kier molecular flexibility index (Phi) is 5.55. The summed E-state index contributed by atoms with van der Waals surface area (Å²) in [6, 6.07) is 5.23. The lowest BCUT2D eigenvalue weighted by atomic mass is 10.2. The van der Waals surface area contributed by atoms with Crippen molar-refractivity contribution in [3.63, 3.8) is 0 Å². The molecule has 102 valence electrons. The lowest BCUT2D eigenvalue weighted by Gasteiger charge is -1.98. The Morgan fingerprint density at radius 2 is 2.16 bits per heavy atom. The minimum atomic E-state index is 0.507. The Morgan fingerprint density at radius 1 is 1.32 bits per heavy atom. The van der Waals surface area contributed by atoms with Gasteiger partial charge in [0.1, 0.15) is 0 Å². The molecule has 0 radical (unpaired) electrons. The number of nitrogens with zero attached hydrogens (tertiary/aromatic N) is 2. The van der Waals surface area contributed by atoms with E-state index in [0.29, 0.717) is 21.8 Å². The highest BCUT2D eigenvalue weighted by molar-refractivity contribution is 7.98. The quantitative estimate of drug-likeness (QED) is 0.697. The number of hydrogen-bond donors (Lipinski definition) is 0. The first-order valence-corrected chi connectivity index (χ1v) is 7.97. The van der Waals surface area contributed by atoms with Crippen molar-refractivity contribution in [2.45, 2.75) is 25.5 Å². The van der Waals surface area contributed by atoms with Crippen molar-refractivity contribution >= 4 is 35.0 Å². The van der Waals surface area contributed by atoms with Gasteiger partial charge in [-0.1, -0.05) is 41.7 Å². The van der Waals surface area contributed by atoms with Gasteiger partial charge in [-0.05, 0) is 30.4 Å². The third kappa shape index (κ3) is 4.13. The molecular weight excluding hydrogens is 303 g/mol. The molecule has 0 N–H and O–H groups in total. The molecule has 0 saturated heterocycles. The van der Waals surface area contributed by atoms with Gasteiger partial charge in [-0.25, -0.2) is 0 Å². The summed E-state index contributed by atoms with van der Waals surface area (Å²) in [6.07, 6.45) is 2.40. The van der Waals surface area contributed by atoms with Crippen LogP contribution in [0.25, 0.3) is 11.4 Å². The highest BCUT2D eigenvalue weighted by atomic mass is 35.5. The molecule has 0 spiro atoms. The molecule has 1 heterocycles. The van der Waals surface area contributed by atoms with Crippen molar-refractivity contribution in [3.05, 3.63) is 34.1 Å². The summed E-state index contributed by atoms with van der Waals surface area (Å²) in [4.78, 5) is 4.34. The van der Waals surface area contributed by atoms with Crippen LogP contribution >= 0.6 is 35.0 Å². The fraction of sp³-hybridized carbons (Fsp3) is 0.385. The zero-order chi connectivity index (χ0) is 13.7. The topological polar surface area (TPSA) is 38.9 Å². The number of hydrogen-bond acceptors (Lipinski definition) is 4. The summed E-state index contributed by atoms with van der Waals surface area (Å²) < 4.78 is 5.21. The van der Waals surface area contributed by atoms with Crippen molar-refractivity contribution in [1.29, 1.82) is 0 Å². The van der Waals surface area contributed by atoms with Gasteiger partial charge < -0.3 is 4.52 Å². The highest BCUT2D eigenvalue weighted by Crippen LogP contribution is 2.28. The van der Waals surface area contributed by atoms with Crippen LogP contribution in [-0.4, -0.2) is 15.9 Å². The minimum absolute atomic E-state index is 0.507. The second-order valence-corrected chi connectivity index (χ2v) is 5.99. The number of thioether (sulfide) groups is 1. The maximum absolute atomic E-state index is 6.11. The smallest absolute Gasteiger partial charge is 0.236 e. The van der Waals surface area contributed by atoms with Gasteiger partial charge in [0.2, 0.25) is 11.7 Å². The van der Waals surface area contributed by atoms with E-state index in [2.05, 4.69) is 17.1 Å². The second-order valence-electron chi connectivity index (χ2n) is 4.04. The van der Waals surface area contributed by atoms with E-state index in [4.69, 9.17) is 27.7 Å². The average molecular weight is 317 g/mol. The van der Waals surface area contributed by atoms with Crippen molar-refractivity contribution in [1.82, 2.24) is 10.1 Å². The molecule has 0 bridgehead atoms. The molecule has 19 heavy (non-hydrogen) atoms. The molecule has 0 amide bonds. The monoisotopic (exact) mass is 316 g/mol. The van der Waals surface area contributed by atoms with Crippen molar-refractivity contribution in [2.75, 3.05) is 5.75 Å². The van der Waals surface area contributed by atoms with E-state index in [0.717, 1.165) is 17.1 Å². The largest absolute Gasteiger partial charge is 0.338 e. The maximum atomic E-state index is 6.11. The van der Waals surface area contributed by atoms with E-state index in [1.807, 2.05) is 0 Å². The Bertz CT molecular complexity index is 545. The molecule has 6 heteroatoms. The Hall–Kier alpha value is -0.710. The lowest BCUT2D eigenvalue weighted by molar-refractivity contribution is 0.391. The van der Waals surface area contributed by atoms with Crippen LogP contribution in [0.3, 0.4) is 0 Å². The molecule has 0 unspecified atom stereocenters. The number of rotatable bonds is 6. The van der Waals surface area contributed by atoms with E-state index in [-0.39, 0.29) is 0 Å². The molecule has 0 atom stereocenters. The summed E-state index contributed by atoms with van der Waals surface area (Å²) >= 11 is 13.8. The molecule has 1 aromatic heterocycles. The van der Waals surface area contributed by atoms with E-state index in [1.54, 1.807) is 30.0 Å².